The monoisotopic (exact) mass is 380 g/mol. The average Bonchev–Trinajstić information content (AvgIpc) is 3.54. The molecule has 1 aliphatic rings. The minimum absolute atomic E-state index is 0.00428. The normalized spacial score (nSPS) is 13.4. The van der Waals surface area contributed by atoms with Crippen molar-refractivity contribution in [1.82, 2.24) is 0 Å². The summed E-state index contributed by atoms with van der Waals surface area (Å²) in [5.74, 6) is 1.35. The van der Waals surface area contributed by atoms with Gasteiger partial charge < -0.3 is 18.6 Å². The molecule has 0 radical (unpaired) electrons. The van der Waals surface area contributed by atoms with Gasteiger partial charge in [0.25, 0.3) is 0 Å². The van der Waals surface area contributed by atoms with Crippen LogP contribution in [0.5, 0.6) is 17.2 Å². The molecule has 0 amide bonds. The van der Waals surface area contributed by atoms with Crippen LogP contribution in [0.4, 0.5) is 0 Å². The molecule has 1 aromatic heterocycles. The molecule has 6 nitrogen and oxygen atoms in total. The number of methoxy groups -OCH3 is 2. The van der Waals surface area contributed by atoms with Crippen molar-refractivity contribution in [2.24, 2.45) is 5.92 Å². The van der Waals surface area contributed by atoms with Gasteiger partial charge in [0.15, 0.2) is 0 Å². The molecule has 28 heavy (non-hydrogen) atoms. The average molecular weight is 380 g/mol. The van der Waals surface area contributed by atoms with Crippen LogP contribution in [0, 0.1) is 12.8 Å². The zero-order chi connectivity index (χ0) is 19.8. The predicted molar refractivity (Wildman–Crippen MR) is 104 cm³/mol. The largest absolute Gasteiger partial charge is 0.497 e. The lowest BCUT2D eigenvalue weighted by Crippen LogP contribution is -2.10. The maximum Gasteiger partial charge on any atom is 0.344 e. The summed E-state index contributed by atoms with van der Waals surface area (Å²) in [5, 5.41) is 0.702. The summed E-state index contributed by atoms with van der Waals surface area (Å²) in [7, 11) is 3.10. The first kappa shape index (κ1) is 18.1. The third kappa shape index (κ3) is 3.22. The van der Waals surface area contributed by atoms with E-state index in [2.05, 4.69) is 0 Å². The summed E-state index contributed by atoms with van der Waals surface area (Å²) < 4.78 is 21.6. The van der Waals surface area contributed by atoms with E-state index in [1.165, 1.54) is 7.11 Å². The SMILES string of the molecule is COc1ccc(-c2c(C)c3cc(OC(=O)C4CC4)ccc3oc2=O)c(OC)c1. The maximum atomic E-state index is 12.7. The van der Waals surface area contributed by atoms with Crippen LogP contribution in [0.15, 0.2) is 45.6 Å². The van der Waals surface area contributed by atoms with Crippen LogP contribution in [-0.2, 0) is 4.79 Å². The number of carbonyl (C=O) groups is 1. The molecular weight excluding hydrogens is 360 g/mol. The predicted octanol–water partition coefficient (Wildman–Crippen LogP) is 4.10. The quantitative estimate of drug-likeness (QED) is 0.377. The molecule has 1 aliphatic carbocycles. The molecule has 1 saturated carbocycles. The molecule has 6 heteroatoms. The van der Waals surface area contributed by atoms with Crippen molar-refractivity contribution in [3.63, 3.8) is 0 Å². The van der Waals surface area contributed by atoms with E-state index in [0.717, 1.165) is 18.4 Å². The van der Waals surface area contributed by atoms with Crippen molar-refractivity contribution in [3.8, 4) is 28.4 Å². The molecule has 1 fully saturated rings. The van der Waals surface area contributed by atoms with Crippen LogP contribution in [0.3, 0.4) is 0 Å². The van der Waals surface area contributed by atoms with Crippen molar-refractivity contribution < 1.29 is 23.4 Å². The topological polar surface area (TPSA) is 75.0 Å². The van der Waals surface area contributed by atoms with Crippen LogP contribution < -0.4 is 19.8 Å². The van der Waals surface area contributed by atoms with Crippen molar-refractivity contribution in [1.29, 1.82) is 0 Å². The Morgan fingerprint density at radius 2 is 1.79 bits per heavy atom. The highest BCUT2D eigenvalue weighted by Gasteiger charge is 2.31. The molecule has 0 N–H and O–H groups in total. The van der Waals surface area contributed by atoms with Gasteiger partial charge in [-0.25, -0.2) is 4.79 Å². The Morgan fingerprint density at radius 3 is 2.46 bits per heavy atom. The summed E-state index contributed by atoms with van der Waals surface area (Å²) in [6.45, 7) is 1.84. The molecule has 0 spiro atoms. The molecule has 0 atom stereocenters. The van der Waals surface area contributed by atoms with Gasteiger partial charge in [0.1, 0.15) is 22.8 Å². The fourth-order valence-electron chi connectivity index (χ4n) is 3.23. The first-order valence-corrected chi connectivity index (χ1v) is 9.03. The number of aryl methyl sites for hydroxylation is 1. The van der Waals surface area contributed by atoms with E-state index in [1.54, 1.807) is 43.5 Å². The maximum absolute atomic E-state index is 12.7. The van der Waals surface area contributed by atoms with Gasteiger partial charge in [0, 0.05) is 17.0 Å². The smallest absolute Gasteiger partial charge is 0.344 e. The fourth-order valence-corrected chi connectivity index (χ4v) is 3.23. The summed E-state index contributed by atoms with van der Waals surface area (Å²) >= 11 is 0. The minimum Gasteiger partial charge on any atom is -0.497 e. The molecule has 1 heterocycles. The van der Waals surface area contributed by atoms with Gasteiger partial charge in [-0.1, -0.05) is 0 Å². The van der Waals surface area contributed by atoms with Crippen LogP contribution in [0.1, 0.15) is 18.4 Å². The number of fused-ring (bicyclic) bond motifs is 1. The molecule has 3 aromatic rings. The third-order valence-electron chi connectivity index (χ3n) is 4.94. The van der Waals surface area contributed by atoms with E-state index in [9.17, 15) is 9.59 Å². The number of hydrogen-bond acceptors (Lipinski definition) is 6. The molecule has 0 bridgehead atoms. The molecule has 0 aliphatic heterocycles. The van der Waals surface area contributed by atoms with E-state index < -0.39 is 5.63 Å². The Balaban J connectivity index is 1.84. The highest BCUT2D eigenvalue weighted by atomic mass is 16.5. The Kier molecular flexibility index (Phi) is 4.55. The van der Waals surface area contributed by atoms with E-state index in [-0.39, 0.29) is 11.9 Å². The first-order chi connectivity index (χ1) is 13.5. The van der Waals surface area contributed by atoms with Gasteiger partial charge in [-0.2, -0.15) is 0 Å². The number of benzene rings is 2. The lowest BCUT2D eigenvalue weighted by atomic mass is 9.98. The zero-order valence-corrected chi connectivity index (χ0v) is 15.9. The summed E-state index contributed by atoms with van der Waals surface area (Å²) in [6.07, 6.45) is 1.75. The number of esters is 1. The summed E-state index contributed by atoms with van der Waals surface area (Å²) in [6, 6.07) is 10.3. The first-order valence-electron chi connectivity index (χ1n) is 9.03. The fraction of sp³-hybridized carbons (Fsp3) is 0.273. The second-order valence-electron chi connectivity index (χ2n) is 6.81. The van der Waals surface area contributed by atoms with Gasteiger partial charge in [-0.15, -0.1) is 0 Å². The lowest BCUT2D eigenvalue weighted by molar-refractivity contribution is -0.135. The highest BCUT2D eigenvalue weighted by molar-refractivity contribution is 5.89. The van der Waals surface area contributed by atoms with Gasteiger partial charge in [0.05, 0.1) is 25.7 Å². The van der Waals surface area contributed by atoms with Gasteiger partial charge in [0.2, 0.25) is 0 Å². The molecule has 4 rings (SSSR count). The van der Waals surface area contributed by atoms with E-state index >= 15 is 0 Å². The summed E-state index contributed by atoms with van der Waals surface area (Å²) in [4.78, 5) is 24.7. The van der Waals surface area contributed by atoms with E-state index in [0.29, 0.717) is 39.3 Å². The number of rotatable bonds is 5. The lowest BCUT2D eigenvalue weighted by Gasteiger charge is -2.13. The van der Waals surface area contributed by atoms with E-state index in [1.807, 2.05) is 6.92 Å². The second-order valence-corrected chi connectivity index (χ2v) is 6.81. The van der Waals surface area contributed by atoms with Crippen molar-refractivity contribution in [3.05, 3.63) is 52.4 Å². The van der Waals surface area contributed by atoms with Gasteiger partial charge in [-0.3, -0.25) is 4.79 Å². The van der Waals surface area contributed by atoms with Crippen LogP contribution in [0.2, 0.25) is 0 Å². The van der Waals surface area contributed by atoms with Crippen molar-refractivity contribution in [2.45, 2.75) is 19.8 Å². The number of carbonyl (C=O) groups excluding carboxylic acids is 1. The van der Waals surface area contributed by atoms with Crippen LogP contribution >= 0.6 is 0 Å². The van der Waals surface area contributed by atoms with E-state index in [4.69, 9.17) is 18.6 Å². The molecule has 0 saturated heterocycles. The Bertz CT molecular complexity index is 1120. The van der Waals surface area contributed by atoms with Gasteiger partial charge >= 0.3 is 11.6 Å². The van der Waals surface area contributed by atoms with Crippen molar-refractivity contribution in [2.75, 3.05) is 14.2 Å². The number of ether oxygens (including phenoxy) is 3. The Hall–Kier alpha value is -3.28. The standard InChI is InChI=1S/C22H20O6/c1-12-17-10-15(27-21(23)13-4-5-13)7-9-18(17)28-22(24)20(12)16-8-6-14(25-2)11-19(16)26-3/h6-11,13H,4-5H2,1-3H3. The third-order valence-corrected chi connectivity index (χ3v) is 4.94. The van der Waals surface area contributed by atoms with Crippen molar-refractivity contribution >= 4 is 16.9 Å². The molecular formula is C22H20O6. The number of hydrogen-bond donors (Lipinski definition) is 0. The van der Waals surface area contributed by atoms with Crippen LogP contribution in [0.25, 0.3) is 22.1 Å². The second kappa shape index (κ2) is 7.03. The Morgan fingerprint density at radius 1 is 1.04 bits per heavy atom. The zero-order valence-electron chi connectivity index (χ0n) is 15.9. The molecule has 144 valence electrons. The minimum atomic E-state index is -0.462. The summed E-state index contributed by atoms with van der Waals surface area (Å²) in [5.41, 5.74) is 1.70. The highest BCUT2D eigenvalue weighted by Crippen LogP contribution is 2.36. The van der Waals surface area contributed by atoms with Gasteiger partial charge in [-0.05, 0) is 55.7 Å². The Labute approximate surface area is 161 Å². The molecule has 0 unspecified atom stereocenters. The molecule has 2 aromatic carbocycles. The van der Waals surface area contributed by atoms with Crippen LogP contribution in [-0.4, -0.2) is 20.2 Å².